The predicted molar refractivity (Wildman–Crippen MR) is 89.4 cm³/mol. The lowest BCUT2D eigenvalue weighted by atomic mass is 10.1. The average Bonchev–Trinajstić information content (AvgIpc) is 2.78. The summed E-state index contributed by atoms with van der Waals surface area (Å²) in [7, 11) is 0. The Morgan fingerprint density at radius 3 is 2.52 bits per heavy atom. The fourth-order valence-electron chi connectivity index (χ4n) is 2.03. The van der Waals surface area contributed by atoms with E-state index in [0.29, 0.717) is 21.5 Å². The van der Waals surface area contributed by atoms with E-state index in [1.807, 2.05) is 13.8 Å². The van der Waals surface area contributed by atoms with Crippen LogP contribution in [0.5, 0.6) is 5.75 Å². The largest absolute Gasteiger partial charge is 0.507 e. The Bertz CT molecular complexity index is 785. The zero-order valence-corrected chi connectivity index (χ0v) is 13.9. The van der Waals surface area contributed by atoms with Gasteiger partial charge < -0.3 is 10.1 Å². The third-order valence-electron chi connectivity index (χ3n) is 2.93. The molecular formula is C16H14BrClFNO. The number of aromatic amines is 1. The molecule has 0 amide bonds. The number of benzene rings is 2. The minimum absolute atomic E-state index is 0.00549. The van der Waals surface area contributed by atoms with Crippen molar-refractivity contribution in [2.45, 2.75) is 13.8 Å². The van der Waals surface area contributed by atoms with Gasteiger partial charge in [0.1, 0.15) is 5.75 Å². The molecule has 110 valence electrons. The zero-order chi connectivity index (χ0) is 15.6. The molecule has 0 fully saturated rings. The van der Waals surface area contributed by atoms with Gasteiger partial charge in [-0.15, -0.1) is 0 Å². The summed E-state index contributed by atoms with van der Waals surface area (Å²) in [6.45, 7) is 4.00. The molecule has 5 heteroatoms. The first kappa shape index (κ1) is 15.9. The number of nitrogens with one attached hydrogen (secondary N) is 1. The van der Waals surface area contributed by atoms with E-state index < -0.39 is 5.82 Å². The van der Waals surface area contributed by atoms with Crippen LogP contribution in [-0.2, 0) is 0 Å². The highest BCUT2D eigenvalue weighted by atomic mass is 79.9. The molecule has 0 aliphatic heterocycles. The third-order valence-corrected chi connectivity index (χ3v) is 3.65. The van der Waals surface area contributed by atoms with Crippen molar-refractivity contribution in [3.8, 4) is 17.0 Å². The highest BCUT2D eigenvalue weighted by Gasteiger charge is 2.16. The van der Waals surface area contributed by atoms with Gasteiger partial charge in [-0.05, 0) is 36.4 Å². The number of aromatic hydroxyl groups is 1. The van der Waals surface area contributed by atoms with Crippen molar-refractivity contribution in [1.82, 2.24) is 4.98 Å². The second kappa shape index (κ2) is 6.50. The Morgan fingerprint density at radius 1 is 1.14 bits per heavy atom. The lowest BCUT2D eigenvalue weighted by molar-refractivity contribution is 0.476. The van der Waals surface area contributed by atoms with Crippen LogP contribution in [0.25, 0.3) is 22.2 Å². The van der Waals surface area contributed by atoms with Gasteiger partial charge in [-0.3, -0.25) is 0 Å². The maximum atomic E-state index is 14.4. The van der Waals surface area contributed by atoms with Crippen LogP contribution in [0.3, 0.4) is 0 Å². The normalized spacial score (nSPS) is 10.3. The van der Waals surface area contributed by atoms with Gasteiger partial charge in [0.25, 0.3) is 0 Å². The van der Waals surface area contributed by atoms with Gasteiger partial charge in [0.2, 0.25) is 0 Å². The molecule has 2 aromatic carbocycles. The van der Waals surface area contributed by atoms with Crippen molar-refractivity contribution in [2.75, 3.05) is 0 Å². The summed E-state index contributed by atoms with van der Waals surface area (Å²) in [5, 5.41) is 10.8. The highest BCUT2D eigenvalue weighted by molar-refractivity contribution is 9.10. The molecule has 1 aromatic heterocycles. The minimum atomic E-state index is -0.421. The fourth-order valence-corrected chi connectivity index (χ4v) is 2.55. The summed E-state index contributed by atoms with van der Waals surface area (Å²) < 4.78 is 15.1. The van der Waals surface area contributed by atoms with Crippen molar-refractivity contribution in [2.24, 2.45) is 0 Å². The number of hydrogen-bond donors (Lipinski definition) is 2. The molecule has 0 spiro atoms. The van der Waals surface area contributed by atoms with Crippen LogP contribution < -0.4 is 0 Å². The Hall–Kier alpha value is -1.52. The molecule has 3 rings (SSSR count). The van der Waals surface area contributed by atoms with Crippen molar-refractivity contribution < 1.29 is 9.50 Å². The van der Waals surface area contributed by atoms with E-state index in [0.717, 1.165) is 4.47 Å². The first-order valence-corrected chi connectivity index (χ1v) is 7.69. The van der Waals surface area contributed by atoms with Crippen LogP contribution >= 0.6 is 27.5 Å². The Morgan fingerprint density at radius 2 is 1.86 bits per heavy atom. The van der Waals surface area contributed by atoms with E-state index in [-0.39, 0.29) is 11.4 Å². The number of phenols is 1. The van der Waals surface area contributed by atoms with Crippen molar-refractivity contribution >= 4 is 38.4 Å². The number of rotatable bonds is 1. The number of H-pyrrole nitrogens is 1. The molecule has 2 N–H and O–H groups in total. The summed E-state index contributed by atoms with van der Waals surface area (Å²) in [4.78, 5) is 2.96. The van der Waals surface area contributed by atoms with Crippen LogP contribution in [0, 0.1) is 5.82 Å². The molecule has 0 bridgehead atoms. The molecule has 0 saturated carbocycles. The van der Waals surface area contributed by atoms with Gasteiger partial charge in [-0.25, -0.2) is 4.39 Å². The van der Waals surface area contributed by atoms with E-state index in [9.17, 15) is 9.50 Å². The molecule has 2 nitrogen and oxygen atoms in total. The van der Waals surface area contributed by atoms with Gasteiger partial charge in [0.15, 0.2) is 5.82 Å². The lowest BCUT2D eigenvalue weighted by Crippen LogP contribution is -1.82. The second-order valence-corrected chi connectivity index (χ2v) is 5.52. The van der Waals surface area contributed by atoms with Crippen LogP contribution in [0.4, 0.5) is 4.39 Å². The maximum absolute atomic E-state index is 14.4. The van der Waals surface area contributed by atoms with Gasteiger partial charge in [-0.1, -0.05) is 41.4 Å². The number of halogens is 3. The van der Waals surface area contributed by atoms with Crippen molar-refractivity contribution in [3.05, 3.63) is 51.7 Å². The summed E-state index contributed by atoms with van der Waals surface area (Å²) in [5.74, 6) is -0.416. The second-order valence-electron chi connectivity index (χ2n) is 4.17. The zero-order valence-electron chi connectivity index (χ0n) is 11.5. The SMILES string of the molecule is CC.Oc1cc(Br)ccc1-c1[nH]c2ccc(Cl)cc2c1F. The van der Waals surface area contributed by atoms with Crippen molar-refractivity contribution in [1.29, 1.82) is 0 Å². The van der Waals surface area contributed by atoms with Crippen LogP contribution in [0.2, 0.25) is 5.02 Å². The molecule has 0 unspecified atom stereocenters. The van der Waals surface area contributed by atoms with Gasteiger partial charge in [0.05, 0.1) is 5.69 Å². The fraction of sp³-hybridized carbons (Fsp3) is 0.125. The molecule has 1 heterocycles. The van der Waals surface area contributed by atoms with E-state index in [4.69, 9.17) is 11.6 Å². The molecule has 0 aliphatic rings. The Balaban J connectivity index is 0.000000774. The predicted octanol–water partition coefficient (Wildman–Crippen LogP) is 6.12. The van der Waals surface area contributed by atoms with E-state index in [1.165, 1.54) is 6.07 Å². The average molecular weight is 371 g/mol. The van der Waals surface area contributed by atoms with E-state index in [1.54, 1.807) is 30.3 Å². The molecule has 21 heavy (non-hydrogen) atoms. The minimum Gasteiger partial charge on any atom is -0.507 e. The van der Waals surface area contributed by atoms with Crippen LogP contribution in [0.1, 0.15) is 13.8 Å². The first-order chi connectivity index (χ1) is 10.1. The summed E-state index contributed by atoms with van der Waals surface area (Å²) >= 11 is 9.11. The van der Waals surface area contributed by atoms with Gasteiger partial charge >= 0.3 is 0 Å². The molecule has 0 radical (unpaired) electrons. The van der Waals surface area contributed by atoms with E-state index >= 15 is 0 Å². The number of fused-ring (bicyclic) bond motifs is 1. The summed E-state index contributed by atoms with van der Waals surface area (Å²) in [5.41, 5.74) is 1.30. The number of hydrogen-bond acceptors (Lipinski definition) is 1. The topological polar surface area (TPSA) is 36.0 Å². The smallest absolute Gasteiger partial charge is 0.156 e. The standard InChI is InChI=1S/C14H8BrClFNO.C2H6/c15-7-1-3-9(12(19)5-7)14-13(17)10-6-8(16)2-4-11(10)18-14;1-2/h1-6,18-19H;1-2H3. The van der Waals surface area contributed by atoms with Gasteiger partial charge in [-0.2, -0.15) is 0 Å². The van der Waals surface area contributed by atoms with Gasteiger partial charge in [0, 0.05) is 26.0 Å². The lowest BCUT2D eigenvalue weighted by Gasteiger charge is -2.03. The number of aromatic nitrogens is 1. The van der Waals surface area contributed by atoms with E-state index in [2.05, 4.69) is 20.9 Å². The molecule has 0 atom stereocenters. The van der Waals surface area contributed by atoms with Crippen LogP contribution in [-0.4, -0.2) is 10.1 Å². The molecule has 0 saturated heterocycles. The Labute approximate surface area is 135 Å². The Kier molecular flexibility index (Phi) is 4.91. The molecule has 3 aromatic rings. The quantitative estimate of drug-likeness (QED) is 0.531. The van der Waals surface area contributed by atoms with Crippen molar-refractivity contribution in [3.63, 3.8) is 0 Å². The third kappa shape index (κ3) is 3.06. The summed E-state index contributed by atoms with van der Waals surface area (Å²) in [6, 6.07) is 9.86. The summed E-state index contributed by atoms with van der Waals surface area (Å²) in [6.07, 6.45) is 0. The highest BCUT2D eigenvalue weighted by Crippen LogP contribution is 2.36. The number of phenolic OH excluding ortho intramolecular Hbond substituents is 1. The van der Waals surface area contributed by atoms with Crippen LogP contribution in [0.15, 0.2) is 40.9 Å². The maximum Gasteiger partial charge on any atom is 0.156 e. The monoisotopic (exact) mass is 369 g/mol. The first-order valence-electron chi connectivity index (χ1n) is 6.52. The molecule has 0 aliphatic carbocycles. The molecular weight excluding hydrogens is 357 g/mol.